The Morgan fingerprint density at radius 2 is 1.90 bits per heavy atom. The second kappa shape index (κ2) is 6.81. The molecule has 0 amide bonds. The molecule has 0 aromatic heterocycles. The van der Waals surface area contributed by atoms with Gasteiger partial charge >= 0.3 is 0 Å². The van der Waals surface area contributed by atoms with Crippen molar-refractivity contribution in [1.29, 1.82) is 0 Å². The number of hydrogen-bond acceptors (Lipinski definition) is 3. The molecule has 20 heavy (non-hydrogen) atoms. The molecule has 0 radical (unpaired) electrons. The minimum atomic E-state index is 0.345. The van der Waals surface area contributed by atoms with Gasteiger partial charge in [-0.3, -0.25) is 4.90 Å². The lowest BCUT2D eigenvalue weighted by Gasteiger charge is -2.39. The molecule has 0 unspecified atom stereocenters. The molecule has 0 saturated carbocycles. The number of halogens is 1. The topological polar surface area (TPSA) is 15.7 Å². The molecular weight excluding hydrogens is 316 g/mol. The fourth-order valence-corrected chi connectivity index (χ4v) is 2.80. The van der Waals surface area contributed by atoms with E-state index in [2.05, 4.69) is 57.8 Å². The SMILES string of the molecule is COc1cccc(N2CCN(CC(C)(C)CBr)CC2)c1. The Labute approximate surface area is 131 Å². The summed E-state index contributed by atoms with van der Waals surface area (Å²) in [5.74, 6) is 0.936. The van der Waals surface area contributed by atoms with Crippen molar-refractivity contribution in [2.75, 3.05) is 50.1 Å². The number of rotatable bonds is 5. The smallest absolute Gasteiger partial charge is 0.120 e. The normalized spacial score (nSPS) is 17.3. The monoisotopic (exact) mass is 340 g/mol. The van der Waals surface area contributed by atoms with E-state index >= 15 is 0 Å². The summed E-state index contributed by atoms with van der Waals surface area (Å²) in [6.07, 6.45) is 0. The van der Waals surface area contributed by atoms with Crippen LogP contribution in [0.1, 0.15) is 13.8 Å². The molecule has 3 nitrogen and oxygen atoms in total. The molecule has 1 aromatic carbocycles. The molecule has 1 heterocycles. The van der Waals surface area contributed by atoms with Crippen LogP contribution in [0.25, 0.3) is 0 Å². The minimum absolute atomic E-state index is 0.345. The van der Waals surface area contributed by atoms with Crippen LogP contribution in [0.4, 0.5) is 5.69 Å². The summed E-state index contributed by atoms with van der Waals surface area (Å²) in [6, 6.07) is 8.35. The molecule has 1 aliphatic heterocycles. The van der Waals surface area contributed by atoms with Crippen molar-refractivity contribution in [2.45, 2.75) is 13.8 Å². The minimum Gasteiger partial charge on any atom is -0.497 e. The van der Waals surface area contributed by atoms with Crippen molar-refractivity contribution in [3.63, 3.8) is 0 Å². The predicted molar refractivity (Wildman–Crippen MR) is 89.2 cm³/mol. The fraction of sp³-hybridized carbons (Fsp3) is 0.625. The molecular formula is C16H25BrN2O. The lowest BCUT2D eigenvalue weighted by Crippen LogP contribution is -2.49. The number of anilines is 1. The highest BCUT2D eigenvalue weighted by Gasteiger charge is 2.24. The number of ether oxygens (including phenoxy) is 1. The van der Waals surface area contributed by atoms with Gasteiger partial charge < -0.3 is 9.64 Å². The average molecular weight is 341 g/mol. The lowest BCUT2D eigenvalue weighted by atomic mass is 9.95. The highest BCUT2D eigenvalue weighted by molar-refractivity contribution is 9.09. The van der Waals surface area contributed by atoms with Crippen LogP contribution in [-0.4, -0.2) is 50.1 Å². The van der Waals surface area contributed by atoms with Gasteiger partial charge in [0.25, 0.3) is 0 Å². The number of hydrogen-bond donors (Lipinski definition) is 0. The van der Waals surface area contributed by atoms with E-state index in [1.165, 1.54) is 5.69 Å². The van der Waals surface area contributed by atoms with Crippen molar-refractivity contribution in [3.05, 3.63) is 24.3 Å². The lowest BCUT2D eigenvalue weighted by molar-refractivity contribution is 0.186. The molecule has 0 aliphatic carbocycles. The van der Waals surface area contributed by atoms with Crippen LogP contribution in [0.3, 0.4) is 0 Å². The Morgan fingerprint density at radius 3 is 2.50 bits per heavy atom. The van der Waals surface area contributed by atoms with Gasteiger partial charge in [0, 0.05) is 49.8 Å². The Morgan fingerprint density at radius 1 is 1.20 bits per heavy atom. The van der Waals surface area contributed by atoms with Crippen LogP contribution < -0.4 is 9.64 Å². The van der Waals surface area contributed by atoms with E-state index in [9.17, 15) is 0 Å². The van der Waals surface area contributed by atoms with E-state index < -0.39 is 0 Å². The van der Waals surface area contributed by atoms with E-state index in [1.54, 1.807) is 7.11 Å². The first kappa shape index (κ1) is 15.6. The molecule has 1 aromatic rings. The third-order valence-electron chi connectivity index (χ3n) is 3.80. The number of methoxy groups -OCH3 is 1. The zero-order valence-electron chi connectivity index (χ0n) is 12.7. The maximum Gasteiger partial charge on any atom is 0.120 e. The van der Waals surface area contributed by atoms with Gasteiger partial charge in [-0.25, -0.2) is 0 Å². The highest BCUT2D eigenvalue weighted by Crippen LogP contribution is 2.24. The summed E-state index contributed by atoms with van der Waals surface area (Å²) in [5.41, 5.74) is 1.61. The maximum absolute atomic E-state index is 5.30. The van der Waals surface area contributed by atoms with E-state index in [1.807, 2.05) is 6.07 Å². The van der Waals surface area contributed by atoms with Crippen molar-refractivity contribution >= 4 is 21.6 Å². The van der Waals surface area contributed by atoms with Crippen LogP contribution in [0.5, 0.6) is 5.75 Å². The quantitative estimate of drug-likeness (QED) is 0.765. The fourth-order valence-electron chi connectivity index (χ4n) is 2.62. The van der Waals surface area contributed by atoms with Crippen molar-refractivity contribution in [2.24, 2.45) is 5.41 Å². The van der Waals surface area contributed by atoms with E-state index in [0.717, 1.165) is 43.8 Å². The van der Waals surface area contributed by atoms with Gasteiger partial charge in [0.05, 0.1) is 7.11 Å². The van der Waals surface area contributed by atoms with E-state index in [0.29, 0.717) is 5.41 Å². The molecule has 0 spiro atoms. The van der Waals surface area contributed by atoms with Crippen molar-refractivity contribution in [3.8, 4) is 5.75 Å². The molecule has 1 fully saturated rings. The highest BCUT2D eigenvalue weighted by atomic mass is 79.9. The van der Waals surface area contributed by atoms with Gasteiger partial charge in [-0.15, -0.1) is 0 Å². The molecule has 1 saturated heterocycles. The molecule has 2 rings (SSSR count). The Hall–Kier alpha value is -0.740. The third kappa shape index (κ3) is 4.13. The Balaban J connectivity index is 1.90. The van der Waals surface area contributed by atoms with E-state index in [4.69, 9.17) is 4.74 Å². The third-order valence-corrected chi connectivity index (χ3v) is 5.32. The predicted octanol–water partition coefficient (Wildman–Crippen LogP) is 3.24. The van der Waals surface area contributed by atoms with Gasteiger partial charge in [0.2, 0.25) is 0 Å². The summed E-state index contributed by atoms with van der Waals surface area (Å²) >= 11 is 3.61. The molecule has 112 valence electrons. The van der Waals surface area contributed by atoms with Crippen LogP contribution in [0.15, 0.2) is 24.3 Å². The maximum atomic E-state index is 5.30. The largest absolute Gasteiger partial charge is 0.497 e. The van der Waals surface area contributed by atoms with Crippen molar-refractivity contribution < 1.29 is 4.74 Å². The second-order valence-corrected chi connectivity index (χ2v) is 6.82. The number of nitrogens with zero attached hydrogens (tertiary/aromatic N) is 2. The molecule has 0 N–H and O–H groups in total. The zero-order valence-corrected chi connectivity index (χ0v) is 14.3. The Kier molecular flexibility index (Phi) is 5.33. The van der Waals surface area contributed by atoms with Gasteiger partial charge in [-0.2, -0.15) is 0 Å². The average Bonchev–Trinajstić information content (AvgIpc) is 2.48. The summed E-state index contributed by atoms with van der Waals surface area (Å²) in [6.45, 7) is 10.2. The van der Waals surface area contributed by atoms with Crippen LogP contribution in [-0.2, 0) is 0 Å². The number of alkyl halides is 1. The van der Waals surface area contributed by atoms with Gasteiger partial charge in [-0.05, 0) is 17.5 Å². The molecule has 1 aliphatic rings. The summed E-state index contributed by atoms with van der Waals surface area (Å²) in [7, 11) is 1.72. The standard InChI is InChI=1S/C16H25BrN2O/c1-16(2,12-17)13-18-7-9-19(10-8-18)14-5-4-6-15(11-14)20-3/h4-6,11H,7-10,12-13H2,1-3H3. The van der Waals surface area contributed by atoms with Gasteiger partial charge in [-0.1, -0.05) is 35.8 Å². The molecule has 0 bridgehead atoms. The van der Waals surface area contributed by atoms with Gasteiger partial charge in [0.15, 0.2) is 0 Å². The summed E-state index contributed by atoms with van der Waals surface area (Å²) < 4.78 is 5.30. The van der Waals surface area contributed by atoms with Crippen LogP contribution in [0, 0.1) is 5.41 Å². The van der Waals surface area contributed by atoms with Crippen LogP contribution >= 0.6 is 15.9 Å². The first-order valence-corrected chi connectivity index (χ1v) is 8.33. The summed E-state index contributed by atoms with van der Waals surface area (Å²) in [5, 5.41) is 1.05. The number of piperazine rings is 1. The number of benzene rings is 1. The van der Waals surface area contributed by atoms with Gasteiger partial charge in [0.1, 0.15) is 5.75 Å². The summed E-state index contributed by atoms with van der Waals surface area (Å²) in [4.78, 5) is 5.01. The molecule has 0 atom stereocenters. The molecule has 4 heteroatoms. The second-order valence-electron chi connectivity index (χ2n) is 6.26. The zero-order chi connectivity index (χ0) is 14.6. The Bertz CT molecular complexity index is 428. The first-order chi connectivity index (χ1) is 9.54. The van der Waals surface area contributed by atoms with E-state index in [-0.39, 0.29) is 0 Å². The first-order valence-electron chi connectivity index (χ1n) is 7.21. The van der Waals surface area contributed by atoms with Crippen LogP contribution in [0.2, 0.25) is 0 Å². The van der Waals surface area contributed by atoms with Crippen molar-refractivity contribution in [1.82, 2.24) is 4.90 Å².